The van der Waals surface area contributed by atoms with Gasteiger partial charge in [-0.1, -0.05) is 30.3 Å². The number of nitrogens with two attached hydrogens (primary N) is 1. The summed E-state index contributed by atoms with van der Waals surface area (Å²) in [4.78, 5) is 27.4. The van der Waals surface area contributed by atoms with E-state index in [0.29, 0.717) is 5.69 Å². The van der Waals surface area contributed by atoms with Crippen molar-refractivity contribution in [3.8, 4) is 0 Å². The number of hydrogen-bond acceptors (Lipinski definition) is 4. The van der Waals surface area contributed by atoms with E-state index in [0.717, 1.165) is 11.4 Å². The monoisotopic (exact) mass is 332 g/mol. The number of pyridine rings is 1. The number of anilines is 3. The highest BCUT2D eigenvalue weighted by Gasteiger charge is 2.11. The molecule has 6 nitrogen and oxygen atoms in total. The molecular formula is C19H16N4O2. The van der Waals surface area contributed by atoms with Crippen molar-refractivity contribution in [1.29, 1.82) is 0 Å². The molecule has 3 rings (SSSR count). The van der Waals surface area contributed by atoms with Gasteiger partial charge in [-0.3, -0.25) is 14.6 Å². The molecule has 1 aromatic heterocycles. The summed E-state index contributed by atoms with van der Waals surface area (Å²) in [6.45, 7) is 0. The Morgan fingerprint density at radius 1 is 0.840 bits per heavy atom. The summed E-state index contributed by atoms with van der Waals surface area (Å²) in [7, 11) is 0. The van der Waals surface area contributed by atoms with Crippen LogP contribution in [0.1, 0.15) is 20.8 Å². The van der Waals surface area contributed by atoms with Gasteiger partial charge in [-0.2, -0.15) is 0 Å². The molecule has 0 aliphatic carbocycles. The average molecular weight is 332 g/mol. The predicted octanol–water partition coefficient (Wildman–Crippen LogP) is 3.18. The highest BCUT2D eigenvalue weighted by atomic mass is 16.2. The van der Waals surface area contributed by atoms with E-state index >= 15 is 0 Å². The fourth-order valence-electron chi connectivity index (χ4n) is 2.24. The molecule has 0 atom stereocenters. The Morgan fingerprint density at radius 3 is 2.16 bits per heavy atom. The molecule has 0 fully saturated rings. The highest BCUT2D eigenvalue weighted by molar-refractivity contribution is 6.05. The third-order valence-electron chi connectivity index (χ3n) is 3.51. The second kappa shape index (κ2) is 7.27. The van der Waals surface area contributed by atoms with Gasteiger partial charge in [0.15, 0.2) is 0 Å². The first-order valence-electron chi connectivity index (χ1n) is 7.62. The fraction of sp³-hybridized carbons (Fsp3) is 0. The quantitative estimate of drug-likeness (QED) is 0.668. The van der Waals surface area contributed by atoms with Gasteiger partial charge in [-0.05, 0) is 36.4 Å². The maximum Gasteiger partial charge on any atom is 0.274 e. The molecule has 0 bridgehead atoms. The molecule has 6 heteroatoms. The summed E-state index contributed by atoms with van der Waals surface area (Å²) in [5.41, 5.74) is 7.91. The molecule has 1 heterocycles. The Balaban J connectivity index is 1.78. The van der Waals surface area contributed by atoms with Crippen LogP contribution in [0.5, 0.6) is 0 Å². The fourth-order valence-corrected chi connectivity index (χ4v) is 2.24. The average Bonchev–Trinajstić information content (AvgIpc) is 2.64. The van der Waals surface area contributed by atoms with Gasteiger partial charge < -0.3 is 16.4 Å². The van der Waals surface area contributed by atoms with Crippen LogP contribution < -0.4 is 16.4 Å². The molecule has 0 spiro atoms. The molecule has 0 aliphatic heterocycles. The van der Waals surface area contributed by atoms with Crippen LogP contribution in [-0.2, 0) is 0 Å². The normalized spacial score (nSPS) is 10.1. The molecule has 25 heavy (non-hydrogen) atoms. The first-order chi connectivity index (χ1) is 12.1. The molecule has 2 aromatic carbocycles. The smallest absolute Gasteiger partial charge is 0.274 e. The first-order valence-corrected chi connectivity index (χ1v) is 7.62. The number of para-hydroxylation sites is 3. The summed E-state index contributed by atoms with van der Waals surface area (Å²) in [6.07, 6.45) is 1.28. The molecule has 4 N–H and O–H groups in total. The third kappa shape index (κ3) is 4.00. The van der Waals surface area contributed by atoms with Crippen LogP contribution >= 0.6 is 0 Å². The lowest BCUT2D eigenvalue weighted by Crippen LogP contribution is -2.16. The first kappa shape index (κ1) is 16.2. The van der Waals surface area contributed by atoms with Crippen LogP contribution in [0.3, 0.4) is 0 Å². The van der Waals surface area contributed by atoms with Crippen molar-refractivity contribution in [1.82, 2.24) is 4.98 Å². The SMILES string of the molecule is NC(=O)c1ccc(C(=O)Nc2ccccc2Nc2ccccc2)nc1. The van der Waals surface area contributed by atoms with E-state index < -0.39 is 5.91 Å². The van der Waals surface area contributed by atoms with Gasteiger partial charge in [-0.15, -0.1) is 0 Å². The third-order valence-corrected chi connectivity index (χ3v) is 3.51. The van der Waals surface area contributed by atoms with Gasteiger partial charge in [0, 0.05) is 11.9 Å². The minimum absolute atomic E-state index is 0.194. The van der Waals surface area contributed by atoms with Crippen molar-refractivity contribution in [2.75, 3.05) is 10.6 Å². The van der Waals surface area contributed by atoms with Crippen LogP contribution in [-0.4, -0.2) is 16.8 Å². The summed E-state index contributed by atoms with van der Waals surface area (Å²) < 4.78 is 0. The van der Waals surface area contributed by atoms with Crippen LogP contribution in [0.25, 0.3) is 0 Å². The van der Waals surface area contributed by atoms with Gasteiger partial charge in [-0.25, -0.2) is 0 Å². The maximum atomic E-state index is 12.4. The topological polar surface area (TPSA) is 97.1 Å². The van der Waals surface area contributed by atoms with E-state index in [4.69, 9.17) is 5.73 Å². The van der Waals surface area contributed by atoms with Gasteiger partial charge in [0.25, 0.3) is 5.91 Å². The van der Waals surface area contributed by atoms with Crippen LogP contribution in [0, 0.1) is 0 Å². The van der Waals surface area contributed by atoms with E-state index in [1.165, 1.54) is 18.3 Å². The van der Waals surface area contributed by atoms with Crippen molar-refractivity contribution in [3.63, 3.8) is 0 Å². The minimum atomic E-state index is -0.586. The molecule has 3 aromatic rings. The van der Waals surface area contributed by atoms with Gasteiger partial charge in [0.05, 0.1) is 16.9 Å². The summed E-state index contributed by atoms with van der Waals surface area (Å²) >= 11 is 0. The summed E-state index contributed by atoms with van der Waals surface area (Å²) in [5, 5.41) is 6.07. The number of primary amides is 1. The number of benzene rings is 2. The van der Waals surface area contributed by atoms with Crippen molar-refractivity contribution < 1.29 is 9.59 Å². The number of hydrogen-bond donors (Lipinski definition) is 3. The van der Waals surface area contributed by atoms with E-state index in [9.17, 15) is 9.59 Å². The molecule has 0 aliphatic rings. The van der Waals surface area contributed by atoms with Crippen molar-refractivity contribution in [3.05, 3.63) is 84.2 Å². The van der Waals surface area contributed by atoms with E-state index in [-0.39, 0.29) is 17.2 Å². The number of aromatic nitrogens is 1. The van der Waals surface area contributed by atoms with Crippen molar-refractivity contribution in [2.24, 2.45) is 5.73 Å². The lowest BCUT2D eigenvalue weighted by atomic mass is 10.2. The Hall–Kier alpha value is -3.67. The number of nitrogens with one attached hydrogen (secondary N) is 2. The number of rotatable bonds is 5. The predicted molar refractivity (Wildman–Crippen MR) is 96.9 cm³/mol. The number of nitrogens with zero attached hydrogens (tertiary/aromatic N) is 1. The van der Waals surface area contributed by atoms with Crippen LogP contribution in [0.4, 0.5) is 17.1 Å². The second-order valence-corrected chi connectivity index (χ2v) is 5.29. The summed E-state index contributed by atoms with van der Waals surface area (Å²) in [6, 6.07) is 19.9. The molecule has 2 amide bonds. The van der Waals surface area contributed by atoms with Gasteiger partial charge in [0.2, 0.25) is 5.91 Å². The maximum absolute atomic E-state index is 12.4. The molecular weight excluding hydrogens is 316 g/mol. The van der Waals surface area contributed by atoms with E-state index in [1.807, 2.05) is 48.5 Å². The molecule has 0 saturated heterocycles. The Morgan fingerprint density at radius 2 is 1.52 bits per heavy atom. The number of carbonyl (C=O) groups excluding carboxylic acids is 2. The summed E-state index contributed by atoms with van der Waals surface area (Å²) in [5.74, 6) is -0.963. The zero-order valence-electron chi connectivity index (χ0n) is 13.3. The van der Waals surface area contributed by atoms with E-state index in [2.05, 4.69) is 15.6 Å². The largest absolute Gasteiger partial charge is 0.366 e. The lowest BCUT2D eigenvalue weighted by Gasteiger charge is -2.13. The zero-order valence-corrected chi connectivity index (χ0v) is 13.3. The van der Waals surface area contributed by atoms with Crippen molar-refractivity contribution in [2.45, 2.75) is 0 Å². The highest BCUT2D eigenvalue weighted by Crippen LogP contribution is 2.25. The molecule has 0 unspecified atom stereocenters. The Kier molecular flexibility index (Phi) is 4.71. The molecule has 0 saturated carbocycles. The van der Waals surface area contributed by atoms with Gasteiger partial charge in [0.1, 0.15) is 5.69 Å². The van der Waals surface area contributed by atoms with Crippen LogP contribution in [0.15, 0.2) is 72.9 Å². The molecule has 0 radical (unpaired) electrons. The Bertz CT molecular complexity index is 893. The molecule has 124 valence electrons. The number of carbonyl (C=O) groups is 2. The standard InChI is InChI=1S/C19H16N4O2/c20-18(24)13-10-11-17(21-12-13)19(25)23-16-9-5-4-8-15(16)22-14-6-2-1-3-7-14/h1-12,22H,(H2,20,24)(H,23,25). The van der Waals surface area contributed by atoms with Gasteiger partial charge >= 0.3 is 0 Å². The second-order valence-electron chi connectivity index (χ2n) is 5.29. The zero-order chi connectivity index (χ0) is 17.6. The van der Waals surface area contributed by atoms with Crippen molar-refractivity contribution >= 4 is 28.9 Å². The Labute approximate surface area is 144 Å². The van der Waals surface area contributed by atoms with E-state index in [1.54, 1.807) is 6.07 Å². The minimum Gasteiger partial charge on any atom is -0.366 e. The van der Waals surface area contributed by atoms with Crippen LogP contribution in [0.2, 0.25) is 0 Å². The number of amides is 2. The lowest BCUT2D eigenvalue weighted by molar-refractivity contribution is 0.0993.